The number of likely N-dealkylation sites (N-methyl/N-ethyl adjacent to an activating group) is 1. The third-order valence-corrected chi connectivity index (χ3v) is 15.8. The number of carbonyl (C=O) groups excluding carboxylic acids is 2. The Labute approximate surface area is 484 Å². The van der Waals surface area contributed by atoms with E-state index in [1.807, 2.05) is 21.1 Å². The molecule has 10 heteroatoms. The van der Waals surface area contributed by atoms with E-state index in [1.165, 1.54) is 218 Å². The second-order valence-corrected chi connectivity index (χ2v) is 25.2. The molecule has 0 saturated heterocycles. The highest BCUT2D eigenvalue weighted by molar-refractivity contribution is 7.45. The zero-order chi connectivity index (χ0) is 57.0. The molecule has 9 nitrogen and oxygen atoms in total. The van der Waals surface area contributed by atoms with E-state index in [4.69, 9.17) is 18.5 Å². The molecule has 0 aliphatic rings. The van der Waals surface area contributed by atoms with Gasteiger partial charge in [-0.2, -0.15) is 0 Å². The van der Waals surface area contributed by atoms with Crippen LogP contribution in [0.25, 0.3) is 0 Å². The van der Waals surface area contributed by atoms with Gasteiger partial charge in [-0.05, 0) is 70.6 Å². The highest BCUT2D eigenvalue weighted by atomic mass is 31.2. The van der Waals surface area contributed by atoms with E-state index >= 15 is 0 Å². The molecule has 2 atom stereocenters. The van der Waals surface area contributed by atoms with Gasteiger partial charge in [0.25, 0.3) is 7.82 Å². The van der Waals surface area contributed by atoms with Gasteiger partial charge in [-0.3, -0.25) is 14.2 Å². The monoisotopic (exact) mass is 1120 g/mol. The highest BCUT2D eigenvalue weighted by Crippen LogP contribution is 2.38. The number of phosphoric ester groups is 1. The van der Waals surface area contributed by atoms with Crippen LogP contribution in [0.1, 0.15) is 322 Å². The fourth-order valence-corrected chi connectivity index (χ4v) is 10.4. The number of esters is 2. The van der Waals surface area contributed by atoms with Gasteiger partial charge in [-0.15, -0.1) is 0 Å². The summed E-state index contributed by atoms with van der Waals surface area (Å²) in [5.41, 5.74) is 0. The normalized spacial score (nSPS) is 13.5. The van der Waals surface area contributed by atoms with E-state index in [0.717, 1.165) is 64.2 Å². The lowest BCUT2D eigenvalue weighted by atomic mass is 10.0. The van der Waals surface area contributed by atoms with E-state index in [0.29, 0.717) is 23.9 Å². The van der Waals surface area contributed by atoms with E-state index in [9.17, 15) is 19.0 Å². The molecule has 0 aliphatic heterocycles. The van der Waals surface area contributed by atoms with Crippen molar-refractivity contribution in [2.45, 2.75) is 328 Å². The molecule has 458 valence electrons. The summed E-state index contributed by atoms with van der Waals surface area (Å²) < 4.78 is 34.1. The van der Waals surface area contributed by atoms with Crippen molar-refractivity contribution in [3.8, 4) is 0 Å². The van der Waals surface area contributed by atoms with Gasteiger partial charge in [0, 0.05) is 12.8 Å². The van der Waals surface area contributed by atoms with Gasteiger partial charge in [-0.25, -0.2) is 0 Å². The highest BCUT2D eigenvalue weighted by Gasteiger charge is 2.22. The van der Waals surface area contributed by atoms with Crippen molar-refractivity contribution in [2.75, 3.05) is 47.5 Å². The Morgan fingerprint density at radius 2 is 0.718 bits per heavy atom. The molecule has 0 bridgehead atoms. The fourth-order valence-electron chi connectivity index (χ4n) is 9.67. The van der Waals surface area contributed by atoms with Crippen LogP contribution in [0.3, 0.4) is 0 Å². The minimum atomic E-state index is -4.64. The molecule has 0 saturated carbocycles. The average molecular weight is 1120 g/mol. The lowest BCUT2D eigenvalue weighted by Crippen LogP contribution is -2.37. The topological polar surface area (TPSA) is 111 Å². The molecule has 2 unspecified atom stereocenters. The molecule has 0 spiro atoms. The van der Waals surface area contributed by atoms with Crippen molar-refractivity contribution in [3.05, 3.63) is 48.6 Å². The molecule has 0 heterocycles. The summed E-state index contributed by atoms with van der Waals surface area (Å²) in [6.45, 7) is 4.18. The average Bonchev–Trinajstić information content (AvgIpc) is 3.40. The number of nitrogens with zero attached hydrogens (tertiary/aromatic N) is 1. The maximum Gasteiger partial charge on any atom is 0.306 e. The largest absolute Gasteiger partial charge is 0.756 e. The first-order valence-corrected chi connectivity index (χ1v) is 34.8. The number of quaternary nitrogens is 1. The number of rotatable bonds is 62. The molecule has 0 rings (SSSR count). The Morgan fingerprint density at radius 1 is 0.397 bits per heavy atom. The molecule has 0 aliphatic carbocycles. The van der Waals surface area contributed by atoms with Crippen molar-refractivity contribution >= 4 is 19.8 Å². The molecule has 0 aromatic rings. The quantitative estimate of drug-likeness (QED) is 0.0195. The second kappa shape index (κ2) is 59.6. The number of hydrogen-bond acceptors (Lipinski definition) is 8. The van der Waals surface area contributed by atoms with Crippen LogP contribution in [-0.2, 0) is 32.7 Å². The first kappa shape index (κ1) is 76.0. The van der Waals surface area contributed by atoms with Gasteiger partial charge in [0.15, 0.2) is 6.10 Å². The molecule has 0 aromatic heterocycles. The summed E-state index contributed by atoms with van der Waals surface area (Å²) in [6, 6.07) is 0. The number of hydrogen-bond donors (Lipinski definition) is 0. The fraction of sp³-hybridized carbons (Fsp3) is 0.853. The number of allylic oxidation sites excluding steroid dienone is 8. The minimum absolute atomic E-state index is 0.0319. The Kier molecular flexibility index (Phi) is 58.0. The summed E-state index contributed by atoms with van der Waals surface area (Å²) in [4.78, 5) is 37.8. The summed E-state index contributed by atoms with van der Waals surface area (Å²) in [5.74, 6) is -0.838. The van der Waals surface area contributed by atoms with E-state index < -0.39 is 32.5 Å². The van der Waals surface area contributed by atoms with Crippen LogP contribution in [0.5, 0.6) is 0 Å². The van der Waals surface area contributed by atoms with Crippen LogP contribution >= 0.6 is 7.82 Å². The predicted molar refractivity (Wildman–Crippen MR) is 333 cm³/mol. The maximum atomic E-state index is 12.8. The van der Waals surface area contributed by atoms with E-state index in [2.05, 4.69) is 62.5 Å². The summed E-state index contributed by atoms with van der Waals surface area (Å²) in [7, 11) is 1.17. The standard InChI is InChI=1S/C68H128NO8P/c1-6-8-10-12-14-16-18-20-21-22-23-24-25-26-27-28-29-30-31-32-33-34-35-36-37-38-39-40-41-42-43-44-45-46-47-49-51-53-55-57-59-61-68(71)77-66(65-76-78(72,73)75-63-62-69(3,4)5)64-74-67(70)60-58-56-54-52-50-48-19-17-15-13-11-9-7-2/h11,13,17-20,22-23,66H,6-10,12,14-16,21,24-65H2,1-5H3/b13-11-,19-17-,20-18-,23-22-. The molecule has 0 N–H and O–H groups in total. The van der Waals surface area contributed by atoms with Crippen LogP contribution in [0.4, 0.5) is 0 Å². The van der Waals surface area contributed by atoms with Crippen molar-refractivity contribution in [3.63, 3.8) is 0 Å². The lowest BCUT2D eigenvalue weighted by Gasteiger charge is -2.28. The Bertz CT molecular complexity index is 1460. The third kappa shape index (κ3) is 63.2. The van der Waals surface area contributed by atoms with Crippen LogP contribution < -0.4 is 4.89 Å². The van der Waals surface area contributed by atoms with E-state index in [-0.39, 0.29) is 26.1 Å². The maximum absolute atomic E-state index is 12.8. The van der Waals surface area contributed by atoms with Crippen LogP contribution in [0.15, 0.2) is 48.6 Å². The number of ether oxygens (including phenoxy) is 2. The molecule has 0 radical (unpaired) electrons. The van der Waals surface area contributed by atoms with Gasteiger partial charge >= 0.3 is 11.9 Å². The molecule has 0 aromatic carbocycles. The second-order valence-electron chi connectivity index (χ2n) is 23.8. The molecular weight excluding hydrogens is 990 g/mol. The number of phosphoric acid groups is 1. The molecule has 0 amide bonds. The Hall–Kier alpha value is -2.03. The first-order valence-electron chi connectivity index (χ1n) is 33.3. The van der Waals surface area contributed by atoms with Gasteiger partial charge < -0.3 is 27.9 Å². The number of carbonyl (C=O) groups is 2. The minimum Gasteiger partial charge on any atom is -0.756 e. The van der Waals surface area contributed by atoms with Crippen molar-refractivity contribution < 1.29 is 42.1 Å². The Balaban J connectivity index is 3.83. The van der Waals surface area contributed by atoms with E-state index in [1.54, 1.807) is 0 Å². The van der Waals surface area contributed by atoms with Crippen molar-refractivity contribution in [1.82, 2.24) is 0 Å². The van der Waals surface area contributed by atoms with Gasteiger partial charge in [0.05, 0.1) is 27.7 Å². The van der Waals surface area contributed by atoms with Crippen molar-refractivity contribution in [2.24, 2.45) is 0 Å². The van der Waals surface area contributed by atoms with Crippen molar-refractivity contribution in [1.29, 1.82) is 0 Å². The van der Waals surface area contributed by atoms with Gasteiger partial charge in [0.1, 0.15) is 19.8 Å². The SMILES string of the molecule is CCC/C=C\C/C=C\CCCCCCCC(=O)OCC(COP(=O)([O-])OCC[N+](C)(C)C)OC(=O)CCCCCCCCCCCCCCCCCCCCCCCCCCCCCCC/C=C\C/C=C\CCCCCCC. The zero-order valence-electron chi connectivity index (χ0n) is 52.1. The summed E-state index contributed by atoms with van der Waals surface area (Å²) >= 11 is 0. The number of unbranched alkanes of at least 4 members (excludes halogenated alkanes) is 40. The molecular formula is C68H128NO8P. The first-order chi connectivity index (χ1) is 38.0. The summed E-state index contributed by atoms with van der Waals surface area (Å²) in [6.07, 6.45) is 76.5. The van der Waals surface area contributed by atoms with Crippen LogP contribution in [0.2, 0.25) is 0 Å². The molecule has 78 heavy (non-hydrogen) atoms. The molecule has 0 fully saturated rings. The lowest BCUT2D eigenvalue weighted by molar-refractivity contribution is -0.870. The zero-order valence-corrected chi connectivity index (χ0v) is 53.0. The van der Waals surface area contributed by atoms with Crippen LogP contribution in [0, 0.1) is 0 Å². The third-order valence-electron chi connectivity index (χ3n) is 14.8. The van der Waals surface area contributed by atoms with Gasteiger partial charge in [-0.1, -0.05) is 287 Å². The predicted octanol–water partition coefficient (Wildman–Crippen LogP) is 20.6. The Morgan fingerprint density at radius 3 is 1.06 bits per heavy atom. The summed E-state index contributed by atoms with van der Waals surface area (Å²) in [5, 5.41) is 0. The smallest absolute Gasteiger partial charge is 0.306 e. The van der Waals surface area contributed by atoms with Crippen LogP contribution in [-0.4, -0.2) is 70.0 Å². The van der Waals surface area contributed by atoms with Gasteiger partial charge in [0.2, 0.25) is 0 Å².